The summed E-state index contributed by atoms with van der Waals surface area (Å²) in [5.74, 6) is -0.404. The van der Waals surface area contributed by atoms with Crippen LogP contribution >= 0.6 is 0 Å². The Morgan fingerprint density at radius 1 is 1.47 bits per heavy atom. The molecule has 0 spiro atoms. The number of rotatable bonds is 2. The van der Waals surface area contributed by atoms with Crippen molar-refractivity contribution in [2.45, 2.75) is 31.8 Å². The molecule has 1 aromatic heterocycles. The highest BCUT2D eigenvalue weighted by Crippen LogP contribution is 2.28. The van der Waals surface area contributed by atoms with Crippen molar-refractivity contribution in [1.29, 1.82) is 0 Å². The first kappa shape index (κ1) is 12.3. The van der Waals surface area contributed by atoms with Crippen LogP contribution in [0.1, 0.15) is 30.1 Å². The number of carboxylic acids is 1. The first-order valence-electron chi connectivity index (χ1n) is 6.71. The number of fused-ring (bicyclic) bond motifs is 1. The second kappa shape index (κ2) is 4.77. The lowest BCUT2D eigenvalue weighted by molar-refractivity contribution is 0.0696. The zero-order valence-corrected chi connectivity index (χ0v) is 11.0. The zero-order chi connectivity index (χ0) is 13.4. The Kier molecular flexibility index (Phi) is 3.10. The number of nitrogens with zero attached hydrogens (tertiary/aromatic N) is 4. The van der Waals surface area contributed by atoms with Gasteiger partial charge in [0, 0.05) is 31.4 Å². The van der Waals surface area contributed by atoms with Gasteiger partial charge in [0.15, 0.2) is 0 Å². The second-order valence-electron chi connectivity index (χ2n) is 5.36. The molecule has 0 amide bonds. The quantitative estimate of drug-likeness (QED) is 0.852. The highest BCUT2D eigenvalue weighted by molar-refractivity contribution is 5.93. The topological polar surface area (TPSA) is 69.6 Å². The number of aromatic carboxylic acids is 1. The monoisotopic (exact) mass is 262 g/mol. The maximum atomic E-state index is 11.3. The molecule has 3 rings (SSSR count). The van der Waals surface area contributed by atoms with Gasteiger partial charge in [-0.25, -0.2) is 14.8 Å². The number of aromatic nitrogens is 2. The number of carboxylic acid groups (broad SMARTS) is 1. The van der Waals surface area contributed by atoms with Crippen LogP contribution in [0.15, 0.2) is 12.5 Å². The molecule has 1 N–H and O–H groups in total. The molecule has 102 valence electrons. The average Bonchev–Trinajstić information content (AvgIpc) is 2.84. The lowest BCUT2D eigenvalue weighted by Crippen LogP contribution is -2.55. The predicted molar refractivity (Wildman–Crippen MR) is 70.4 cm³/mol. The molecule has 2 unspecified atom stereocenters. The van der Waals surface area contributed by atoms with E-state index in [2.05, 4.69) is 26.7 Å². The summed E-state index contributed by atoms with van der Waals surface area (Å²) in [4.78, 5) is 23.9. The molecular weight excluding hydrogens is 244 g/mol. The van der Waals surface area contributed by atoms with E-state index in [0.29, 0.717) is 11.9 Å². The van der Waals surface area contributed by atoms with E-state index in [4.69, 9.17) is 0 Å². The zero-order valence-electron chi connectivity index (χ0n) is 11.0. The van der Waals surface area contributed by atoms with Crippen molar-refractivity contribution >= 4 is 11.8 Å². The predicted octanol–water partition coefficient (Wildman–Crippen LogP) is 0.848. The van der Waals surface area contributed by atoms with Crippen LogP contribution in [0, 0.1) is 0 Å². The molecule has 2 atom stereocenters. The van der Waals surface area contributed by atoms with Crippen molar-refractivity contribution in [3.05, 3.63) is 18.1 Å². The van der Waals surface area contributed by atoms with Gasteiger partial charge < -0.3 is 10.0 Å². The second-order valence-corrected chi connectivity index (χ2v) is 5.36. The SMILES string of the molecule is CC1CN2CCCC2CN1c1ncncc1C(=O)O. The maximum absolute atomic E-state index is 11.3. The number of carbonyl (C=O) groups is 1. The van der Waals surface area contributed by atoms with Crippen molar-refractivity contribution in [3.63, 3.8) is 0 Å². The number of hydrogen-bond acceptors (Lipinski definition) is 5. The molecule has 3 heterocycles. The third-order valence-electron chi connectivity index (χ3n) is 4.13. The van der Waals surface area contributed by atoms with Gasteiger partial charge in [-0.3, -0.25) is 4.90 Å². The molecule has 2 aliphatic heterocycles. The molecule has 19 heavy (non-hydrogen) atoms. The fraction of sp³-hybridized carbons (Fsp3) is 0.615. The van der Waals surface area contributed by atoms with Gasteiger partial charge in [-0.2, -0.15) is 0 Å². The summed E-state index contributed by atoms with van der Waals surface area (Å²) in [5, 5.41) is 9.25. The number of piperazine rings is 1. The van der Waals surface area contributed by atoms with Gasteiger partial charge in [-0.05, 0) is 26.3 Å². The van der Waals surface area contributed by atoms with Crippen molar-refractivity contribution in [2.24, 2.45) is 0 Å². The lowest BCUT2D eigenvalue weighted by Gasteiger charge is -2.43. The molecule has 0 bridgehead atoms. The molecule has 1 aromatic rings. The lowest BCUT2D eigenvalue weighted by atomic mass is 10.1. The Morgan fingerprint density at radius 2 is 2.32 bits per heavy atom. The molecule has 2 aliphatic rings. The average molecular weight is 262 g/mol. The Hall–Kier alpha value is -1.69. The molecule has 0 saturated carbocycles. The van der Waals surface area contributed by atoms with Crippen LogP contribution in [0.3, 0.4) is 0 Å². The molecule has 0 aromatic carbocycles. The molecule has 6 nitrogen and oxygen atoms in total. The maximum Gasteiger partial charge on any atom is 0.341 e. The Balaban J connectivity index is 1.91. The van der Waals surface area contributed by atoms with E-state index in [9.17, 15) is 9.90 Å². The number of anilines is 1. The summed E-state index contributed by atoms with van der Waals surface area (Å²) < 4.78 is 0. The first-order chi connectivity index (χ1) is 9.16. The van der Waals surface area contributed by atoms with Crippen LogP contribution in [0.2, 0.25) is 0 Å². The minimum absolute atomic E-state index is 0.195. The molecule has 0 aliphatic carbocycles. The van der Waals surface area contributed by atoms with Gasteiger partial charge in [0.1, 0.15) is 17.7 Å². The fourth-order valence-corrected chi connectivity index (χ4v) is 3.19. The first-order valence-corrected chi connectivity index (χ1v) is 6.71. The van der Waals surface area contributed by atoms with E-state index < -0.39 is 5.97 Å². The van der Waals surface area contributed by atoms with E-state index in [0.717, 1.165) is 13.1 Å². The fourth-order valence-electron chi connectivity index (χ4n) is 3.19. The largest absolute Gasteiger partial charge is 0.477 e. The summed E-state index contributed by atoms with van der Waals surface area (Å²) in [5.41, 5.74) is 0.195. The summed E-state index contributed by atoms with van der Waals surface area (Å²) in [7, 11) is 0. The van der Waals surface area contributed by atoms with Gasteiger partial charge in [-0.1, -0.05) is 0 Å². The number of hydrogen-bond donors (Lipinski definition) is 1. The van der Waals surface area contributed by atoms with Gasteiger partial charge in [0.05, 0.1) is 0 Å². The van der Waals surface area contributed by atoms with Crippen LogP contribution in [0.25, 0.3) is 0 Å². The van der Waals surface area contributed by atoms with E-state index >= 15 is 0 Å². The van der Waals surface area contributed by atoms with Gasteiger partial charge in [-0.15, -0.1) is 0 Å². The third kappa shape index (κ3) is 2.16. The standard InChI is InChI=1S/C13H18N4O2/c1-9-6-16-4-2-3-10(16)7-17(9)12-11(13(18)19)5-14-8-15-12/h5,8-10H,2-4,6-7H2,1H3,(H,18,19). The van der Waals surface area contributed by atoms with E-state index in [-0.39, 0.29) is 11.6 Å². The van der Waals surface area contributed by atoms with E-state index in [1.54, 1.807) is 0 Å². The van der Waals surface area contributed by atoms with Crippen molar-refractivity contribution in [3.8, 4) is 0 Å². The minimum Gasteiger partial charge on any atom is -0.477 e. The summed E-state index contributed by atoms with van der Waals surface area (Å²) in [6.07, 6.45) is 5.24. The minimum atomic E-state index is -0.961. The summed E-state index contributed by atoms with van der Waals surface area (Å²) >= 11 is 0. The highest BCUT2D eigenvalue weighted by atomic mass is 16.4. The Labute approximate surface area is 112 Å². The van der Waals surface area contributed by atoms with E-state index in [1.807, 2.05) is 0 Å². The Bertz CT molecular complexity index is 493. The van der Waals surface area contributed by atoms with Crippen LogP contribution in [-0.2, 0) is 0 Å². The summed E-state index contributed by atoms with van der Waals surface area (Å²) in [6, 6.07) is 0.815. The molecule has 2 fully saturated rings. The molecular formula is C13H18N4O2. The van der Waals surface area contributed by atoms with Crippen molar-refractivity contribution in [1.82, 2.24) is 14.9 Å². The highest BCUT2D eigenvalue weighted by Gasteiger charge is 2.36. The normalized spacial score (nSPS) is 27.3. The van der Waals surface area contributed by atoms with Crippen LogP contribution in [0.4, 0.5) is 5.82 Å². The Morgan fingerprint density at radius 3 is 3.11 bits per heavy atom. The van der Waals surface area contributed by atoms with Gasteiger partial charge >= 0.3 is 5.97 Å². The van der Waals surface area contributed by atoms with E-state index in [1.165, 1.54) is 31.9 Å². The van der Waals surface area contributed by atoms with Crippen molar-refractivity contribution < 1.29 is 9.90 Å². The van der Waals surface area contributed by atoms with Crippen molar-refractivity contribution in [2.75, 3.05) is 24.5 Å². The smallest absolute Gasteiger partial charge is 0.341 e. The van der Waals surface area contributed by atoms with Gasteiger partial charge in [0.25, 0.3) is 0 Å². The molecule has 2 saturated heterocycles. The third-order valence-corrected chi connectivity index (χ3v) is 4.13. The van der Waals surface area contributed by atoms with Gasteiger partial charge in [0.2, 0.25) is 0 Å². The van der Waals surface area contributed by atoms with Crippen LogP contribution in [-0.4, -0.2) is 57.7 Å². The molecule has 6 heteroatoms. The summed E-state index contributed by atoms with van der Waals surface area (Å²) in [6.45, 7) is 5.13. The van der Waals surface area contributed by atoms with Crippen LogP contribution in [0.5, 0.6) is 0 Å². The molecule has 0 radical (unpaired) electrons. The van der Waals surface area contributed by atoms with Crippen LogP contribution < -0.4 is 4.90 Å².